The first-order chi connectivity index (χ1) is 25.5. The largest absolute Gasteiger partial charge is 0.444 e. The summed E-state index contributed by atoms with van der Waals surface area (Å²) >= 11 is 0. The lowest BCUT2D eigenvalue weighted by atomic mass is 9.85. The van der Waals surface area contributed by atoms with Gasteiger partial charge in [0.05, 0.1) is 23.4 Å². The van der Waals surface area contributed by atoms with Crippen molar-refractivity contribution in [1.29, 1.82) is 0 Å². The number of hydrogen-bond donors (Lipinski definition) is 3. The van der Waals surface area contributed by atoms with Gasteiger partial charge in [0.1, 0.15) is 35.4 Å². The number of carbonyl (C=O) groups excluding carboxylic acids is 4. The second kappa shape index (κ2) is 13.8. The van der Waals surface area contributed by atoms with Crippen LogP contribution in [0.15, 0.2) is 49.1 Å². The minimum absolute atomic E-state index is 0. The molecule has 0 radical (unpaired) electrons. The molecule has 2 aromatic rings. The van der Waals surface area contributed by atoms with Crippen molar-refractivity contribution >= 4 is 39.5 Å². The Morgan fingerprint density at radius 2 is 1.76 bits per heavy atom. The summed E-state index contributed by atoms with van der Waals surface area (Å²) in [4.78, 5) is 57.9. The fourth-order valence-corrected chi connectivity index (χ4v) is 8.35. The molecule has 304 valence electrons. The number of nitrogens with one attached hydrogen (secondary N) is 3. The topological polar surface area (TPSA) is 154 Å². The van der Waals surface area contributed by atoms with Gasteiger partial charge < -0.3 is 20.3 Å². The van der Waals surface area contributed by atoms with Crippen LogP contribution in [0, 0.1) is 23.0 Å². The van der Waals surface area contributed by atoms with Crippen LogP contribution in [-0.2, 0) is 48.4 Å². The molecule has 0 unspecified atom stereocenters. The first kappa shape index (κ1) is 39.9. The summed E-state index contributed by atoms with van der Waals surface area (Å²) in [6.45, 7) is 9.54. The number of fused-ring (bicyclic) bond motifs is 1. The number of anilines is 1. The molecule has 18 heteroatoms. The van der Waals surface area contributed by atoms with E-state index in [0.717, 1.165) is 11.0 Å². The summed E-state index contributed by atoms with van der Waals surface area (Å²) in [5.74, 6) is -5.09. The van der Waals surface area contributed by atoms with Gasteiger partial charge in [-0.3, -0.25) is 24.0 Å². The second-order valence-corrected chi connectivity index (χ2v) is 18.2. The second-order valence-electron chi connectivity index (χ2n) is 16.0. The number of alkyl halides is 3. The molecule has 55 heavy (non-hydrogen) atoms. The number of carbonyl (C=O) groups is 4. The van der Waals surface area contributed by atoms with Crippen molar-refractivity contribution in [2.24, 2.45) is 11.3 Å². The van der Waals surface area contributed by atoms with Crippen LogP contribution in [-0.4, -0.2) is 77.1 Å². The number of sulfonamides is 1. The highest BCUT2D eigenvalue weighted by Gasteiger charge is 2.63. The van der Waals surface area contributed by atoms with Crippen molar-refractivity contribution in [3.8, 4) is 0 Å². The fourth-order valence-electron chi connectivity index (χ4n) is 7.04. The molecule has 0 spiro atoms. The van der Waals surface area contributed by atoms with E-state index in [1.807, 2.05) is 0 Å². The zero-order valence-electron chi connectivity index (χ0n) is 30.6. The fraction of sp³-hybridized carbons (Fsp3) is 0.514. The van der Waals surface area contributed by atoms with Gasteiger partial charge in [0.15, 0.2) is 0 Å². The summed E-state index contributed by atoms with van der Waals surface area (Å²) in [5, 5.41) is 5.33. The van der Waals surface area contributed by atoms with Gasteiger partial charge in [-0.05, 0) is 61.4 Å². The van der Waals surface area contributed by atoms with E-state index in [4.69, 9.17) is 4.74 Å². The van der Waals surface area contributed by atoms with E-state index in [-0.39, 0.29) is 42.4 Å². The number of amides is 4. The molecular formula is C37H48F5N5O7S. The summed E-state index contributed by atoms with van der Waals surface area (Å²) in [5.41, 5.74) is -3.58. The van der Waals surface area contributed by atoms with Crippen molar-refractivity contribution in [3.63, 3.8) is 0 Å². The molecule has 2 aliphatic heterocycles. The third-order valence-electron chi connectivity index (χ3n) is 10.8. The maximum atomic E-state index is 14.5. The summed E-state index contributed by atoms with van der Waals surface area (Å²) in [7, 11) is -4.11. The molecule has 2 saturated carbocycles. The quantitative estimate of drug-likeness (QED) is 0.204. The van der Waals surface area contributed by atoms with Crippen molar-refractivity contribution in [1.82, 2.24) is 19.8 Å². The minimum atomic E-state index is -4.90. The lowest BCUT2D eigenvalue weighted by Crippen LogP contribution is -2.59. The molecule has 5 atom stereocenters. The van der Waals surface area contributed by atoms with Crippen molar-refractivity contribution in [2.45, 2.75) is 101 Å². The third-order valence-corrected chi connectivity index (χ3v) is 13.0. The van der Waals surface area contributed by atoms with Crippen LogP contribution in [0.4, 0.5) is 32.4 Å². The summed E-state index contributed by atoms with van der Waals surface area (Å²) in [6, 6.07) is 3.36. The van der Waals surface area contributed by atoms with E-state index in [1.165, 1.54) is 30.0 Å². The van der Waals surface area contributed by atoms with Gasteiger partial charge in [-0.2, -0.15) is 13.2 Å². The summed E-state index contributed by atoms with van der Waals surface area (Å²) in [6.07, 6.45) is -5.11. The highest BCUT2D eigenvalue weighted by molar-refractivity contribution is 7.91. The Hall–Kier alpha value is -4.74. The Labute approximate surface area is 319 Å². The summed E-state index contributed by atoms with van der Waals surface area (Å²) < 4.78 is 102. The number of nitrogens with zero attached hydrogens (tertiary/aromatic N) is 2. The number of rotatable bonds is 10. The van der Waals surface area contributed by atoms with Crippen molar-refractivity contribution in [3.05, 3.63) is 77.4 Å². The first-order valence-corrected chi connectivity index (χ1v) is 19.1. The van der Waals surface area contributed by atoms with Crippen LogP contribution < -0.4 is 15.4 Å². The molecule has 4 amide bonds. The van der Waals surface area contributed by atoms with E-state index < -0.39 is 97.0 Å². The number of likely N-dealkylation sites (tertiary alicyclic amines) is 1. The van der Waals surface area contributed by atoms with Crippen LogP contribution in [0.3, 0.4) is 0 Å². The zero-order chi connectivity index (χ0) is 40.5. The van der Waals surface area contributed by atoms with Gasteiger partial charge in [-0.25, -0.2) is 22.0 Å². The highest BCUT2D eigenvalue weighted by atomic mass is 32.2. The molecule has 1 saturated heterocycles. The molecular weight excluding hydrogens is 753 g/mol. The number of halogens is 5. The van der Waals surface area contributed by atoms with Gasteiger partial charge in [0, 0.05) is 34.4 Å². The molecule has 12 nitrogen and oxygen atoms in total. The van der Waals surface area contributed by atoms with E-state index in [2.05, 4.69) is 21.9 Å². The Kier molecular flexibility index (Phi) is 10.0. The predicted octanol–water partition coefficient (Wildman–Crippen LogP) is 5.73. The van der Waals surface area contributed by atoms with Gasteiger partial charge in [-0.1, -0.05) is 39.0 Å². The molecule has 2 aromatic carbocycles. The average molecular weight is 802 g/mol. The van der Waals surface area contributed by atoms with Gasteiger partial charge in [0.2, 0.25) is 21.8 Å². The third kappa shape index (κ3) is 7.87. The molecule has 2 heterocycles. The van der Waals surface area contributed by atoms with E-state index in [1.54, 1.807) is 26.8 Å². The lowest BCUT2D eigenvalue weighted by molar-refractivity contribution is -0.141. The average Bonchev–Trinajstić information content (AvgIpc) is 3.89. The zero-order valence-corrected chi connectivity index (χ0v) is 31.4. The van der Waals surface area contributed by atoms with Gasteiger partial charge >= 0.3 is 12.3 Å². The van der Waals surface area contributed by atoms with Crippen LogP contribution in [0.2, 0.25) is 0 Å². The molecule has 4 aliphatic rings. The highest BCUT2D eigenvalue weighted by Crippen LogP contribution is 2.47. The first-order valence-electron chi connectivity index (χ1n) is 17.7. The maximum absolute atomic E-state index is 14.5. The van der Waals surface area contributed by atoms with Gasteiger partial charge in [-0.15, -0.1) is 6.58 Å². The molecule has 3 fully saturated rings. The number of hydrogen-bond acceptors (Lipinski definition) is 8. The van der Waals surface area contributed by atoms with Crippen LogP contribution in [0.1, 0.15) is 74.3 Å². The molecule has 2 aliphatic carbocycles. The molecule has 6 rings (SSSR count). The normalized spacial score (nSPS) is 24.7. The monoisotopic (exact) mass is 801 g/mol. The van der Waals surface area contributed by atoms with Crippen molar-refractivity contribution in [2.75, 3.05) is 11.9 Å². The van der Waals surface area contributed by atoms with E-state index in [0.29, 0.717) is 36.1 Å². The van der Waals surface area contributed by atoms with Crippen LogP contribution in [0.25, 0.3) is 0 Å². The van der Waals surface area contributed by atoms with Crippen LogP contribution in [0.5, 0.6) is 0 Å². The number of ether oxygens (including phenoxy) is 1. The molecule has 0 bridgehead atoms. The lowest BCUT2D eigenvalue weighted by Gasteiger charge is -2.36. The Morgan fingerprint density at radius 3 is 2.35 bits per heavy atom. The minimum Gasteiger partial charge on any atom is -0.444 e. The predicted molar refractivity (Wildman–Crippen MR) is 195 cm³/mol. The Balaban J connectivity index is 0.00000300. The molecule has 3 N–H and O–H groups in total. The maximum Gasteiger partial charge on any atom is 0.416 e. The smallest absolute Gasteiger partial charge is 0.416 e. The van der Waals surface area contributed by atoms with E-state index >= 15 is 0 Å². The number of benzene rings is 2. The van der Waals surface area contributed by atoms with E-state index in [9.17, 15) is 49.5 Å². The SMILES string of the molecule is C=C[C@@H]1C[C@]1(NC(=O)[C@@H]1C[C@@H](OC(=O)N2Cc3cccc(F)c3C2)CN1C(=O)[C@@H](Nc1cc(F)cc(C(F)(F)F)c1)C(C)(C)C)C(=O)NS(=O)(=O)C1(C)CC1.[HH].[HH].[HH]. The van der Waals surface area contributed by atoms with Gasteiger partial charge in [0.25, 0.3) is 5.91 Å². The molecule has 0 aromatic heterocycles. The standard InChI is InChI=1S/C37H42F5N5O7S.3H2/c1-6-21-16-36(21,32(50)45-55(52,53)35(5)10-11-35)44-30(48)28-15-25(54-33(51)46-17-20-8-7-9-27(39)26(20)19-46)18-47(28)31(49)29(34(2,3)4)43-24-13-22(37(40,41)42)12-23(38)14-24;;;/h6-9,12-14,21,25,28-29,43H,1,10-11,15-19H2,2-5H3,(H,44,48)(H,45,50);3*1H/t21-,25-,28+,29-,36-;;;/m1.../s1. The Morgan fingerprint density at radius 1 is 1.07 bits per heavy atom. The van der Waals surface area contributed by atoms with Crippen molar-refractivity contribution < 1.29 is 58.6 Å². The Bertz CT molecular complexity index is 2070. The van der Waals surface area contributed by atoms with Crippen LogP contribution >= 0.6 is 0 Å².